The molecule has 5 aliphatic rings. The normalized spacial score (nSPS) is 21.2. The van der Waals surface area contributed by atoms with E-state index in [0.717, 1.165) is 107 Å². The van der Waals surface area contributed by atoms with Crippen LogP contribution in [0.25, 0.3) is 0 Å². The molecule has 5 amide bonds. The molecule has 1 unspecified atom stereocenters. The number of piperidine rings is 3. The van der Waals surface area contributed by atoms with Crippen molar-refractivity contribution in [2.75, 3.05) is 78.9 Å². The van der Waals surface area contributed by atoms with Gasteiger partial charge in [0.15, 0.2) is 0 Å². The summed E-state index contributed by atoms with van der Waals surface area (Å²) in [5, 5.41) is 14.8. The van der Waals surface area contributed by atoms with Gasteiger partial charge in [-0.2, -0.15) is 5.26 Å². The highest BCUT2D eigenvalue weighted by molar-refractivity contribution is 6.32. The van der Waals surface area contributed by atoms with Gasteiger partial charge in [0, 0.05) is 82.6 Å². The number of carbonyl (C=O) groups excluding carboxylic acids is 5. The molecule has 290 valence electrons. The highest BCUT2D eigenvalue weighted by Crippen LogP contribution is 2.32. The number of pyridine rings is 1. The molecule has 0 radical (unpaired) electrons. The number of nitrogens with zero attached hydrogens (tertiary/aromatic N) is 7. The van der Waals surface area contributed by atoms with Crippen molar-refractivity contribution in [2.24, 2.45) is 11.8 Å². The molecule has 2 N–H and O–H groups in total. The van der Waals surface area contributed by atoms with Gasteiger partial charge in [-0.15, -0.1) is 0 Å². The number of nitriles is 1. The zero-order valence-corrected chi connectivity index (χ0v) is 31.8. The number of benzene rings is 2. The molecule has 1 aromatic heterocycles. The highest BCUT2D eigenvalue weighted by atomic mass is 35.5. The molecule has 14 nitrogen and oxygen atoms in total. The number of halogens is 1. The number of carbonyl (C=O) groups is 5. The zero-order chi connectivity index (χ0) is 38.9. The van der Waals surface area contributed by atoms with Crippen molar-refractivity contribution < 1.29 is 24.0 Å². The second-order valence-electron chi connectivity index (χ2n) is 15.3. The Morgan fingerprint density at radius 2 is 1.43 bits per heavy atom. The average Bonchev–Trinajstić information content (AvgIpc) is 3.46. The molecule has 15 heteroatoms. The lowest BCUT2D eigenvalue weighted by Crippen LogP contribution is -2.54. The number of rotatable bonds is 8. The maximum Gasteiger partial charge on any atom is 0.262 e. The number of piperazine rings is 1. The minimum atomic E-state index is -0.972. The van der Waals surface area contributed by atoms with Gasteiger partial charge in [-0.05, 0) is 86.6 Å². The fourth-order valence-electron chi connectivity index (χ4n) is 8.65. The van der Waals surface area contributed by atoms with E-state index in [1.807, 2.05) is 36.5 Å². The molecule has 4 saturated heterocycles. The van der Waals surface area contributed by atoms with Crippen molar-refractivity contribution in [3.63, 3.8) is 0 Å². The maximum atomic E-state index is 13.3. The summed E-state index contributed by atoms with van der Waals surface area (Å²) in [5.41, 5.74) is 3.96. The van der Waals surface area contributed by atoms with E-state index in [0.29, 0.717) is 33.4 Å². The van der Waals surface area contributed by atoms with Crippen LogP contribution in [0.1, 0.15) is 64.8 Å². The third kappa shape index (κ3) is 7.66. The van der Waals surface area contributed by atoms with Crippen LogP contribution in [0, 0.1) is 23.2 Å². The Balaban J connectivity index is 0.762. The molecular formula is C41H44ClN9O5. The van der Waals surface area contributed by atoms with Crippen LogP contribution in [0.3, 0.4) is 0 Å². The van der Waals surface area contributed by atoms with E-state index >= 15 is 0 Å². The Morgan fingerprint density at radius 1 is 0.786 bits per heavy atom. The summed E-state index contributed by atoms with van der Waals surface area (Å²) in [6.45, 7) is 7.79. The zero-order valence-electron chi connectivity index (χ0n) is 31.1. The van der Waals surface area contributed by atoms with Gasteiger partial charge < -0.3 is 20.0 Å². The molecule has 6 heterocycles. The van der Waals surface area contributed by atoms with Crippen LogP contribution in [0.4, 0.5) is 22.9 Å². The highest BCUT2D eigenvalue weighted by Gasteiger charge is 2.45. The first-order chi connectivity index (χ1) is 27.1. The summed E-state index contributed by atoms with van der Waals surface area (Å²) in [7, 11) is 0. The monoisotopic (exact) mass is 777 g/mol. The molecule has 3 aromatic rings. The van der Waals surface area contributed by atoms with Crippen LogP contribution in [-0.4, -0.2) is 109 Å². The first kappa shape index (κ1) is 37.4. The fraction of sp³-hybridized carbons (Fsp3) is 0.439. The minimum Gasteiger partial charge on any atom is -0.371 e. The lowest BCUT2D eigenvalue weighted by atomic mass is 9.95. The van der Waals surface area contributed by atoms with Crippen LogP contribution in [0.5, 0.6) is 0 Å². The predicted octanol–water partition coefficient (Wildman–Crippen LogP) is 3.90. The van der Waals surface area contributed by atoms with Gasteiger partial charge in [0.1, 0.15) is 17.9 Å². The molecule has 4 fully saturated rings. The standard InChI is InChI=1S/C41H44ClN9O5/c42-34-22-30(2-1-28(34)23-43)48-15-11-27(12-16-48)38(53)45-36-7-4-31(24-44-36)49-13-9-26(10-14-49)25-47-17-19-50(20-18-47)29-3-5-32-33(21-29)41(56)51(40(32)55)35-6-8-37(52)46-39(35)54/h1-5,7,21-22,24,26-27,35H,6,8-20,25H2,(H,44,45,53)(H,46,52,54). The van der Waals surface area contributed by atoms with Crippen molar-refractivity contribution >= 4 is 64.0 Å². The number of aromatic nitrogens is 1. The Hall–Kier alpha value is -5.52. The SMILES string of the molecule is N#Cc1ccc(N2CCC(C(=O)Nc3ccc(N4CCC(CN5CCN(c6ccc7c(c6)C(=O)N(C6CCC(=O)NC6=O)C7=O)CC5)CC4)cn3)CC2)cc1Cl. The topological polar surface area (TPSA) is 162 Å². The van der Waals surface area contributed by atoms with E-state index in [2.05, 4.69) is 41.3 Å². The predicted molar refractivity (Wildman–Crippen MR) is 211 cm³/mol. The molecule has 0 spiro atoms. The van der Waals surface area contributed by atoms with E-state index in [1.54, 1.807) is 18.2 Å². The van der Waals surface area contributed by atoms with Crippen LogP contribution in [-0.2, 0) is 14.4 Å². The second-order valence-corrected chi connectivity index (χ2v) is 15.7. The van der Waals surface area contributed by atoms with Crippen molar-refractivity contribution in [1.82, 2.24) is 20.1 Å². The van der Waals surface area contributed by atoms with Gasteiger partial charge in [0.2, 0.25) is 17.7 Å². The third-order valence-corrected chi connectivity index (χ3v) is 12.3. The maximum absolute atomic E-state index is 13.3. The van der Waals surface area contributed by atoms with Crippen molar-refractivity contribution in [3.05, 3.63) is 76.4 Å². The van der Waals surface area contributed by atoms with Crippen molar-refractivity contribution in [3.8, 4) is 6.07 Å². The first-order valence-electron chi connectivity index (χ1n) is 19.4. The summed E-state index contributed by atoms with van der Waals surface area (Å²) in [4.78, 5) is 78.4. The Bertz CT molecular complexity index is 2080. The van der Waals surface area contributed by atoms with Crippen LogP contribution < -0.4 is 25.3 Å². The summed E-state index contributed by atoms with van der Waals surface area (Å²) in [6.07, 6.45) is 5.68. The van der Waals surface area contributed by atoms with E-state index in [-0.39, 0.29) is 24.7 Å². The van der Waals surface area contributed by atoms with E-state index in [4.69, 9.17) is 16.9 Å². The molecule has 0 aliphatic carbocycles. The van der Waals surface area contributed by atoms with E-state index < -0.39 is 29.7 Å². The molecule has 0 saturated carbocycles. The summed E-state index contributed by atoms with van der Waals surface area (Å²) < 4.78 is 0. The molecular weight excluding hydrogens is 734 g/mol. The van der Waals surface area contributed by atoms with Gasteiger partial charge in [-0.3, -0.25) is 39.1 Å². The Labute approximate surface area is 330 Å². The number of nitrogens with one attached hydrogen (secondary N) is 2. The van der Waals surface area contributed by atoms with E-state index in [9.17, 15) is 24.0 Å². The first-order valence-corrected chi connectivity index (χ1v) is 19.8. The lowest BCUT2D eigenvalue weighted by molar-refractivity contribution is -0.136. The molecule has 8 rings (SSSR count). The summed E-state index contributed by atoms with van der Waals surface area (Å²) in [6, 6.07) is 15.8. The number of imide groups is 2. The number of hydrogen-bond donors (Lipinski definition) is 2. The second kappa shape index (κ2) is 15.9. The third-order valence-electron chi connectivity index (χ3n) is 12.0. The number of anilines is 4. The molecule has 56 heavy (non-hydrogen) atoms. The van der Waals surface area contributed by atoms with Gasteiger partial charge >= 0.3 is 0 Å². The van der Waals surface area contributed by atoms with Crippen molar-refractivity contribution in [1.29, 1.82) is 5.26 Å². The van der Waals surface area contributed by atoms with Gasteiger partial charge in [-0.25, -0.2) is 4.98 Å². The number of amides is 5. The van der Waals surface area contributed by atoms with Crippen LogP contribution in [0.2, 0.25) is 5.02 Å². The molecule has 2 aromatic carbocycles. The lowest BCUT2D eigenvalue weighted by Gasteiger charge is -2.40. The van der Waals surface area contributed by atoms with Gasteiger partial charge in [-0.1, -0.05) is 11.6 Å². The minimum absolute atomic E-state index is 0.0124. The molecule has 0 bridgehead atoms. The largest absolute Gasteiger partial charge is 0.371 e. The quantitative estimate of drug-likeness (QED) is 0.319. The van der Waals surface area contributed by atoms with Crippen molar-refractivity contribution in [2.45, 2.75) is 44.6 Å². The van der Waals surface area contributed by atoms with Gasteiger partial charge in [0.25, 0.3) is 11.8 Å². The van der Waals surface area contributed by atoms with Crippen LogP contribution >= 0.6 is 11.6 Å². The summed E-state index contributed by atoms with van der Waals surface area (Å²) >= 11 is 6.23. The smallest absolute Gasteiger partial charge is 0.262 e. The summed E-state index contributed by atoms with van der Waals surface area (Å²) in [5.74, 6) is -0.935. The molecule has 1 atom stereocenters. The van der Waals surface area contributed by atoms with E-state index in [1.165, 1.54) is 0 Å². The Kier molecular flexibility index (Phi) is 10.6. The number of hydrogen-bond acceptors (Lipinski definition) is 11. The fourth-order valence-corrected chi connectivity index (χ4v) is 8.87. The molecule has 5 aliphatic heterocycles. The average molecular weight is 778 g/mol. The van der Waals surface area contributed by atoms with Gasteiger partial charge in [0.05, 0.1) is 33.6 Å². The van der Waals surface area contributed by atoms with Crippen LogP contribution in [0.15, 0.2) is 54.7 Å². The number of fused-ring (bicyclic) bond motifs is 1. The Morgan fingerprint density at radius 3 is 2.11 bits per heavy atom.